The number of allylic oxidation sites excluding steroid dienone is 2. The Bertz CT molecular complexity index is 508. The Hall–Kier alpha value is -1.30. The van der Waals surface area contributed by atoms with Gasteiger partial charge in [0.25, 0.3) is 0 Å². The highest BCUT2D eigenvalue weighted by atomic mass is 32.2. The summed E-state index contributed by atoms with van der Waals surface area (Å²) in [4.78, 5) is 15.8. The molecule has 5 nitrogen and oxygen atoms in total. The predicted octanol–water partition coefficient (Wildman–Crippen LogP) is 3.16. The van der Waals surface area contributed by atoms with Crippen molar-refractivity contribution in [1.29, 1.82) is 0 Å². The third kappa shape index (κ3) is 2.75. The predicted molar refractivity (Wildman–Crippen MR) is 75.6 cm³/mol. The van der Waals surface area contributed by atoms with Gasteiger partial charge < -0.3 is 9.63 Å². The zero-order valence-corrected chi connectivity index (χ0v) is 12.0. The Kier molecular flexibility index (Phi) is 4.10. The second kappa shape index (κ2) is 5.99. The van der Waals surface area contributed by atoms with Crippen LogP contribution < -0.4 is 0 Å². The van der Waals surface area contributed by atoms with E-state index in [1.807, 2.05) is 23.9 Å². The Balaban J connectivity index is 1.78. The van der Waals surface area contributed by atoms with Gasteiger partial charge in [-0.1, -0.05) is 23.7 Å². The first-order chi connectivity index (χ1) is 9.75. The van der Waals surface area contributed by atoms with E-state index in [2.05, 4.69) is 10.1 Å². The van der Waals surface area contributed by atoms with Crippen molar-refractivity contribution in [1.82, 2.24) is 10.1 Å². The number of carboxylic acids is 1. The number of nitrogens with zero attached hydrogens (tertiary/aromatic N) is 2. The molecular weight excluding hydrogens is 276 g/mol. The number of carbonyl (C=O) groups is 1. The molecule has 1 saturated heterocycles. The summed E-state index contributed by atoms with van der Waals surface area (Å²) in [6.07, 6.45) is 8.65. The molecule has 1 N–H and O–H groups in total. The SMILES string of the molecule is O=C(O)[C@H]1CC=CC[C@H]1c1nc(C2CCCCS2)no1. The topological polar surface area (TPSA) is 76.2 Å². The van der Waals surface area contributed by atoms with Gasteiger partial charge in [0.1, 0.15) is 0 Å². The summed E-state index contributed by atoms with van der Waals surface area (Å²) in [5.41, 5.74) is 0. The largest absolute Gasteiger partial charge is 0.481 e. The average molecular weight is 294 g/mol. The molecule has 20 heavy (non-hydrogen) atoms. The normalized spacial score (nSPS) is 30.3. The van der Waals surface area contributed by atoms with Gasteiger partial charge in [-0.05, 0) is 31.4 Å². The van der Waals surface area contributed by atoms with Crippen molar-refractivity contribution in [2.24, 2.45) is 5.92 Å². The molecule has 108 valence electrons. The van der Waals surface area contributed by atoms with Crippen LogP contribution in [0.4, 0.5) is 0 Å². The third-order valence-corrected chi connectivity index (χ3v) is 5.37. The van der Waals surface area contributed by atoms with Gasteiger partial charge in [0.05, 0.1) is 17.1 Å². The van der Waals surface area contributed by atoms with Gasteiger partial charge in [-0.15, -0.1) is 0 Å². The molecule has 2 aliphatic rings. The fraction of sp³-hybridized carbons (Fsp3) is 0.643. The van der Waals surface area contributed by atoms with Crippen LogP contribution in [0.15, 0.2) is 16.7 Å². The van der Waals surface area contributed by atoms with Gasteiger partial charge in [-0.25, -0.2) is 0 Å². The van der Waals surface area contributed by atoms with Gasteiger partial charge in [-0.2, -0.15) is 16.7 Å². The Morgan fingerprint density at radius 2 is 2.20 bits per heavy atom. The summed E-state index contributed by atoms with van der Waals surface area (Å²) in [5, 5.41) is 13.7. The Morgan fingerprint density at radius 3 is 2.95 bits per heavy atom. The monoisotopic (exact) mass is 294 g/mol. The fourth-order valence-corrected chi connectivity index (χ4v) is 4.07. The average Bonchev–Trinajstić information content (AvgIpc) is 2.98. The lowest BCUT2D eigenvalue weighted by molar-refractivity contribution is -0.142. The standard InChI is InChI=1S/C14H18N2O3S/c17-14(18)10-6-2-1-5-9(10)13-15-12(16-19-13)11-7-3-4-8-20-11/h1-2,9-11H,3-8H2,(H,17,18)/t9-,10+,11?/m1/s1. The maximum absolute atomic E-state index is 11.3. The minimum Gasteiger partial charge on any atom is -0.481 e. The number of thioether (sulfide) groups is 1. The van der Waals surface area contributed by atoms with Crippen molar-refractivity contribution in [3.8, 4) is 0 Å². The molecule has 0 aromatic carbocycles. The lowest BCUT2D eigenvalue weighted by Gasteiger charge is -2.21. The minimum atomic E-state index is -0.786. The van der Waals surface area contributed by atoms with Crippen molar-refractivity contribution >= 4 is 17.7 Å². The van der Waals surface area contributed by atoms with Crippen LogP contribution in [0, 0.1) is 5.92 Å². The highest BCUT2D eigenvalue weighted by Gasteiger charge is 2.34. The van der Waals surface area contributed by atoms with Crippen molar-refractivity contribution in [2.75, 3.05) is 5.75 Å². The summed E-state index contributed by atoms with van der Waals surface area (Å²) in [7, 11) is 0. The van der Waals surface area contributed by atoms with E-state index in [0.29, 0.717) is 24.0 Å². The molecule has 0 amide bonds. The molecule has 1 unspecified atom stereocenters. The second-order valence-corrected chi connectivity index (χ2v) is 6.65. The number of aliphatic carboxylic acids is 1. The maximum atomic E-state index is 11.3. The molecule has 1 aromatic rings. The second-order valence-electron chi connectivity index (χ2n) is 5.34. The molecule has 1 aromatic heterocycles. The van der Waals surface area contributed by atoms with Gasteiger partial charge in [0.2, 0.25) is 5.89 Å². The molecule has 3 rings (SSSR count). The van der Waals surface area contributed by atoms with E-state index in [1.165, 1.54) is 12.8 Å². The quantitative estimate of drug-likeness (QED) is 0.863. The first kappa shape index (κ1) is 13.7. The molecular formula is C14H18N2O3S. The first-order valence-electron chi connectivity index (χ1n) is 7.08. The summed E-state index contributed by atoms with van der Waals surface area (Å²) < 4.78 is 5.37. The van der Waals surface area contributed by atoms with E-state index in [-0.39, 0.29) is 5.92 Å². The van der Waals surface area contributed by atoms with Crippen LogP contribution >= 0.6 is 11.8 Å². The van der Waals surface area contributed by atoms with Crippen molar-refractivity contribution < 1.29 is 14.4 Å². The summed E-state index contributed by atoms with van der Waals surface area (Å²) in [5.74, 6) is 0.940. The van der Waals surface area contributed by atoms with Crippen LogP contribution in [0.2, 0.25) is 0 Å². The highest BCUT2D eigenvalue weighted by Crippen LogP contribution is 2.39. The van der Waals surface area contributed by atoms with Crippen LogP contribution in [0.1, 0.15) is 55.0 Å². The molecule has 0 saturated carbocycles. The molecule has 3 atom stereocenters. The minimum absolute atomic E-state index is 0.188. The Morgan fingerprint density at radius 1 is 1.35 bits per heavy atom. The van der Waals surface area contributed by atoms with Crippen molar-refractivity contribution in [2.45, 2.75) is 43.3 Å². The smallest absolute Gasteiger partial charge is 0.307 e. The van der Waals surface area contributed by atoms with E-state index < -0.39 is 11.9 Å². The number of rotatable bonds is 3. The zero-order chi connectivity index (χ0) is 13.9. The van der Waals surface area contributed by atoms with Crippen LogP contribution in [0.3, 0.4) is 0 Å². The molecule has 0 spiro atoms. The third-order valence-electron chi connectivity index (χ3n) is 3.99. The summed E-state index contributed by atoms with van der Waals surface area (Å²) >= 11 is 1.87. The molecule has 0 radical (unpaired) electrons. The number of aromatic nitrogens is 2. The van der Waals surface area contributed by atoms with Crippen molar-refractivity contribution in [3.63, 3.8) is 0 Å². The van der Waals surface area contributed by atoms with E-state index in [4.69, 9.17) is 4.52 Å². The number of carboxylic acid groups (broad SMARTS) is 1. The molecule has 1 fully saturated rings. The highest BCUT2D eigenvalue weighted by molar-refractivity contribution is 7.99. The van der Waals surface area contributed by atoms with Gasteiger partial charge in [0.15, 0.2) is 5.82 Å². The van der Waals surface area contributed by atoms with E-state index in [0.717, 1.165) is 18.0 Å². The molecule has 1 aliphatic carbocycles. The zero-order valence-electron chi connectivity index (χ0n) is 11.2. The van der Waals surface area contributed by atoms with E-state index in [1.54, 1.807) is 0 Å². The maximum Gasteiger partial charge on any atom is 0.307 e. The van der Waals surface area contributed by atoms with E-state index >= 15 is 0 Å². The van der Waals surface area contributed by atoms with E-state index in [9.17, 15) is 9.90 Å². The molecule has 1 aliphatic heterocycles. The van der Waals surface area contributed by atoms with Crippen molar-refractivity contribution in [3.05, 3.63) is 23.9 Å². The fourth-order valence-electron chi connectivity index (χ4n) is 2.83. The molecule has 0 bridgehead atoms. The van der Waals surface area contributed by atoms with Crippen LogP contribution in [0.25, 0.3) is 0 Å². The molecule has 2 heterocycles. The van der Waals surface area contributed by atoms with Crippen LogP contribution in [-0.2, 0) is 4.79 Å². The lowest BCUT2D eigenvalue weighted by atomic mass is 9.83. The van der Waals surface area contributed by atoms with Crippen LogP contribution in [-0.4, -0.2) is 27.0 Å². The van der Waals surface area contributed by atoms with Gasteiger partial charge >= 0.3 is 5.97 Å². The lowest BCUT2D eigenvalue weighted by Crippen LogP contribution is -2.23. The van der Waals surface area contributed by atoms with Gasteiger partial charge in [-0.3, -0.25) is 4.79 Å². The number of hydrogen-bond acceptors (Lipinski definition) is 5. The summed E-state index contributed by atoms with van der Waals surface area (Å²) in [6, 6.07) is 0. The first-order valence-corrected chi connectivity index (χ1v) is 8.13. The number of hydrogen-bond donors (Lipinski definition) is 1. The van der Waals surface area contributed by atoms with Gasteiger partial charge in [0, 0.05) is 0 Å². The summed E-state index contributed by atoms with van der Waals surface area (Å²) in [6.45, 7) is 0. The Labute approximate surface area is 121 Å². The van der Waals surface area contributed by atoms with Crippen LogP contribution in [0.5, 0.6) is 0 Å². The molecule has 6 heteroatoms.